The van der Waals surface area contributed by atoms with Crippen molar-refractivity contribution >= 4 is 28.2 Å². The van der Waals surface area contributed by atoms with Gasteiger partial charge in [-0.1, -0.05) is 6.07 Å². The molecule has 0 saturated heterocycles. The molecule has 4 aromatic rings. The first-order valence-electron chi connectivity index (χ1n) is 8.64. The molecule has 0 saturated carbocycles. The summed E-state index contributed by atoms with van der Waals surface area (Å²) in [4.78, 5) is 33.5. The third kappa shape index (κ3) is 4.06. The Morgan fingerprint density at radius 2 is 2.14 bits per heavy atom. The molecule has 0 spiro atoms. The van der Waals surface area contributed by atoms with Crippen molar-refractivity contribution in [3.8, 4) is 5.82 Å². The Morgan fingerprint density at radius 1 is 1.24 bits per heavy atom. The minimum atomic E-state index is -0.365. The Balaban J connectivity index is 1.45. The van der Waals surface area contributed by atoms with Gasteiger partial charge in [0, 0.05) is 18.3 Å². The molecule has 0 atom stereocenters. The van der Waals surface area contributed by atoms with E-state index in [1.54, 1.807) is 41.5 Å². The molecule has 146 valence electrons. The van der Waals surface area contributed by atoms with Gasteiger partial charge in [0.1, 0.15) is 12.7 Å². The molecule has 0 aromatic carbocycles. The Morgan fingerprint density at radius 3 is 2.90 bits per heavy atom. The monoisotopic (exact) mass is 408 g/mol. The number of aromatic nitrogens is 4. The zero-order chi connectivity index (χ0) is 20.2. The fourth-order valence-corrected chi connectivity index (χ4v) is 3.68. The van der Waals surface area contributed by atoms with E-state index in [-0.39, 0.29) is 24.1 Å². The van der Waals surface area contributed by atoms with Crippen LogP contribution in [0.4, 0.5) is 5.00 Å². The maximum atomic E-state index is 12.7. The number of pyridine rings is 1. The second-order valence-electron chi connectivity index (χ2n) is 6.06. The lowest BCUT2D eigenvalue weighted by atomic mass is 10.2. The minimum Gasteiger partial charge on any atom is -0.459 e. The van der Waals surface area contributed by atoms with Gasteiger partial charge in [-0.15, -0.1) is 11.3 Å². The second kappa shape index (κ2) is 8.07. The summed E-state index contributed by atoms with van der Waals surface area (Å²) >= 11 is 1.20. The summed E-state index contributed by atoms with van der Waals surface area (Å²) in [5.74, 6) is 0.203. The molecule has 2 N–H and O–H groups in total. The second-order valence-corrected chi connectivity index (χ2v) is 7.12. The van der Waals surface area contributed by atoms with E-state index in [4.69, 9.17) is 4.42 Å². The van der Waals surface area contributed by atoms with Crippen molar-refractivity contribution < 1.29 is 14.0 Å². The van der Waals surface area contributed by atoms with Gasteiger partial charge >= 0.3 is 0 Å². The number of thiophene rings is 1. The third-order valence-corrected chi connectivity index (χ3v) is 5.20. The van der Waals surface area contributed by atoms with E-state index in [1.807, 2.05) is 13.0 Å². The highest BCUT2D eigenvalue weighted by atomic mass is 32.1. The number of amides is 2. The van der Waals surface area contributed by atoms with E-state index < -0.39 is 0 Å². The summed E-state index contributed by atoms with van der Waals surface area (Å²) < 4.78 is 6.62. The van der Waals surface area contributed by atoms with E-state index >= 15 is 0 Å². The van der Waals surface area contributed by atoms with E-state index in [9.17, 15) is 9.59 Å². The summed E-state index contributed by atoms with van der Waals surface area (Å²) in [5.41, 5.74) is 1.57. The van der Waals surface area contributed by atoms with Crippen LogP contribution in [-0.2, 0) is 6.54 Å². The predicted molar refractivity (Wildman–Crippen MR) is 106 cm³/mol. The fourth-order valence-electron chi connectivity index (χ4n) is 2.70. The number of furan rings is 1. The molecule has 10 heteroatoms. The van der Waals surface area contributed by atoms with Crippen molar-refractivity contribution in [3.05, 3.63) is 77.2 Å². The molecule has 2 amide bonds. The predicted octanol–water partition coefficient (Wildman–Crippen LogP) is 2.81. The smallest absolute Gasteiger partial charge is 0.291 e. The molecule has 0 aliphatic carbocycles. The van der Waals surface area contributed by atoms with E-state index in [0.29, 0.717) is 15.7 Å². The maximum absolute atomic E-state index is 12.7. The molecule has 0 fully saturated rings. The number of nitrogens with zero attached hydrogens (tertiary/aromatic N) is 4. The zero-order valence-corrected chi connectivity index (χ0v) is 16.1. The summed E-state index contributed by atoms with van der Waals surface area (Å²) in [5, 5.41) is 10.3. The van der Waals surface area contributed by atoms with Crippen LogP contribution in [0.15, 0.2) is 59.9 Å². The van der Waals surface area contributed by atoms with Gasteiger partial charge in [0.2, 0.25) is 0 Å². The molecule has 4 rings (SSSR count). The van der Waals surface area contributed by atoms with Gasteiger partial charge in [-0.3, -0.25) is 9.59 Å². The normalized spacial score (nSPS) is 10.7. The van der Waals surface area contributed by atoms with Crippen molar-refractivity contribution in [3.63, 3.8) is 0 Å². The fraction of sp³-hybridized carbons (Fsp3) is 0.105. The standard InChI is InChI=1S/C19H16N6O3S/c1-12-8-15(24-18(26)14-5-3-7-28-14)29-16(12)19(27)22-9-13-4-2-6-21-17(13)25-11-20-10-23-25/h2-8,10-11H,9H2,1H3,(H,22,27)(H,24,26). The average molecular weight is 408 g/mol. The van der Waals surface area contributed by atoms with Gasteiger partial charge in [-0.2, -0.15) is 5.10 Å². The zero-order valence-electron chi connectivity index (χ0n) is 15.3. The molecule has 0 aliphatic heterocycles. The van der Waals surface area contributed by atoms with Crippen LogP contribution >= 0.6 is 11.3 Å². The first kappa shape index (κ1) is 18.6. The molecule has 0 bridgehead atoms. The number of aryl methyl sites for hydroxylation is 1. The van der Waals surface area contributed by atoms with E-state index in [1.165, 1.54) is 23.9 Å². The van der Waals surface area contributed by atoms with Crippen molar-refractivity contribution in [2.45, 2.75) is 13.5 Å². The molecule has 4 heterocycles. The number of carbonyl (C=O) groups excluding carboxylic acids is 2. The van der Waals surface area contributed by atoms with Crippen LogP contribution in [0, 0.1) is 6.92 Å². The van der Waals surface area contributed by atoms with Crippen LogP contribution in [0.1, 0.15) is 31.4 Å². The molecule has 29 heavy (non-hydrogen) atoms. The number of nitrogens with one attached hydrogen (secondary N) is 2. The molecule has 0 unspecified atom stereocenters. The summed E-state index contributed by atoms with van der Waals surface area (Å²) in [6, 6.07) is 8.62. The lowest BCUT2D eigenvalue weighted by Crippen LogP contribution is -2.23. The molecular weight excluding hydrogens is 392 g/mol. The van der Waals surface area contributed by atoms with Gasteiger partial charge in [0.05, 0.1) is 16.1 Å². The Hall–Kier alpha value is -3.79. The maximum Gasteiger partial charge on any atom is 0.291 e. The van der Waals surface area contributed by atoms with Gasteiger partial charge in [0.25, 0.3) is 11.8 Å². The highest BCUT2D eigenvalue weighted by Crippen LogP contribution is 2.27. The number of carbonyl (C=O) groups is 2. The van der Waals surface area contributed by atoms with Crippen LogP contribution in [0.5, 0.6) is 0 Å². The third-order valence-electron chi connectivity index (χ3n) is 4.05. The topological polar surface area (TPSA) is 115 Å². The molecular formula is C19H16N6O3S. The van der Waals surface area contributed by atoms with Gasteiger partial charge < -0.3 is 15.1 Å². The van der Waals surface area contributed by atoms with Crippen molar-refractivity contribution in [1.29, 1.82) is 0 Å². The van der Waals surface area contributed by atoms with Crippen LogP contribution in [0.2, 0.25) is 0 Å². The Kier molecular flexibility index (Phi) is 5.16. The van der Waals surface area contributed by atoms with Crippen LogP contribution in [0.3, 0.4) is 0 Å². The van der Waals surface area contributed by atoms with Crippen molar-refractivity contribution in [2.75, 3.05) is 5.32 Å². The average Bonchev–Trinajstić information content (AvgIpc) is 3.48. The molecule has 9 nitrogen and oxygen atoms in total. The summed E-state index contributed by atoms with van der Waals surface area (Å²) in [6.45, 7) is 2.09. The van der Waals surface area contributed by atoms with E-state index in [2.05, 4.69) is 25.7 Å². The molecule has 0 aliphatic rings. The van der Waals surface area contributed by atoms with Crippen LogP contribution in [-0.4, -0.2) is 31.6 Å². The minimum absolute atomic E-state index is 0.208. The Bertz CT molecular complexity index is 1130. The SMILES string of the molecule is Cc1cc(NC(=O)c2ccco2)sc1C(=O)NCc1cccnc1-n1cncn1. The number of rotatable bonds is 6. The lowest BCUT2D eigenvalue weighted by molar-refractivity contribution is 0.0953. The van der Waals surface area contributed by atoms with E-state index in [0.717, 1.165) is 11.1 Å². The quantitative estimate of drug-likeness (QED) is 0.507. The van der Waals surface area contributed by atoms with Crippen LogP contribution in [0.25, 0.3) is 5.82 Å². The highest BCUT2D eigenvalue weighted by Gasteiger charge is 2.17. The summed E-state index contributed by atoms with van der Waals surface area (Å²) in [7, 11) is 0. The molecule has 0 radical (unpaired) electrons. The number of hydrogen-bond donors (Lipinski definition) is 2. The summed E-state index contributed by atoms with van der Waals surface area (Å²) in [6.07, 6.45) is 6.05. The number of hydrogen-bond acceptors (Lipinski definition) is 7. The number of anilines is 1. The molecule has 4 aromatic heterocycles. The van der Waals surface area contributed by atoms with Gasteiger partial charge in [-0.25, -0.2) is 14.6 Å². The lowest BCUT2D eigenvalue weighted by Gasteiger charge is -2.09. The van der Waals surface area contributed by atoms with Crippen molar-refractivity contribution in [2.24, 2.45) is 0 Å². The van der Waals surface area contributed by atoms with Crippen LogP contribution < -0.4 is 10.6 Å². The first-order chi connectivity index (χ1) is 14.1. The van der Waals surface area contributed by atoms with Gasteiger partial charge in [0.15, 0.2) is 11.6 Å². The Labute approximate surface area is 169 Å². The first-order valence-corrected chi connectivity index (χ1v) is 9.46. The largest absolute Gasteiger partial charge is 0.459 e. The highest BCUT2D eigenvalue weighted by molar-refractivity contribution is 7.18. The van der Waals surface area contributed by atoms with Gasteiger partial charge in [-0.05, 0) is 36.8 Å². The van der Waals surface area contributed by atoms with Crippen molar-refractivity contribution in [1.82, 2.24) is 25.1 Å².